The van der Waals surface area contributed by atoms with Gasteiger partial charge in [-0.05, 0) is 12.8 Å². The fourth-order valence-corrected chi connectivity index (χ4v) is 1.23. The molecule has 0 aromatic rings. The second-order valence-corrected chi connectivity index (χ2v) is 5.79. The molecule has 12 heavy (non-hydrogen) atoms. The quantitative estimate of drug-likeness (QED) is 0.685. The summed E-state index contributed by atoms with van der Waals surface area (Å²) in [5, 5.41) is 8.44. The minimum atomic E-state index is -0.472. The molecule has 0 saturated heterocycles. The van der Waals surface area contributed by atoms with Gasteiger partial charge in [0.15, 0.2) is 0 Å². The van der Waals surface area contributed by atoms with Crippen LogP contribution in [0.4, 0.5) is 0 Å². The van der Waals surface area contributed by atoms with Gasteiger partial charge >= 0.3 is 35.3 Å². The summed E-state index contributed by atoms with van der Waals surface area (Å²) in [6.07, 6.45) is 6.20. The molecule has 0 spiro atoms. The third-order valence-electron chi connectivity index (χ3n) is 1.79. The van der Waals surface area contributed by atoms with Crippen molar-refractivity contribution in [1.82, 2.24) is 6.15 Å². The van der Waals surface area contributed by atoms with E-state index in [0.717, 1.165) is 12.8 Å². The Labute approximate surface area is 90.6 Å². The topological polar surface area (TPSA) is 58.8 Å². The van der Waals surface area contributed by atoms with Crippen molar-refractivity contribution >= 4 is 18.8 Å². The molecule has 0 aromatic carbocycles. The Bertz CT molecular complexity index is 121. The summed E-state index contributed by atoms with van der Waals surface area (Å²) < 4.78 is 0. The summed E-state index contributed by atoms with van der Waals surface area (Å²) in [5.41, 5.74) is 0. The molecule has 0 aliphatic heterocycles. The van der Waals surface area contributed by atoms with E-state index in [9.17, 15) is 0 Å². The average molecular weight is 392 g/mol. The Morgan fingerprint density at radius 3 is 1.83 bits per heavy atom. The van der Waals surface area contributed by atoms with Crippen molar-refractivity contribution in [2.75, 3.05) is 0 Å². The molecule has 0 amide bonds. The van der Waals surface area contributed by atoms with Crippen LogP contribution in [0.1, 0.15) is 32.1 Å². The van der Waals surface area contributed by atoms with Gasteiger partial charge in [-0.25, -0.2) is 0 Å². The number of nitriles is 1. The summed E-state index contributed by atoms with van der Waals surface area (Å²) >= 11 is -0.472. The van der Waals surface area contributed by atoms with Gasteiger partial charge in [0.25, 0.3) is 0 Å². The first-order valence-corrected chi connectivity index (χ1v) is 9.20. The number of rotatable bonds is 0. The summed E-state index contributed by atoms with van der Waals surface area (Å²) in [6, 6.07) is 2.30. The Balaban J connectivity index is 0. The van der Waals surface area contributed by atoms with Gasteiger partial charge in [-0.2, -0.15) is 5.26 Å². The molecule has 0 atom stereocenters. The molecule has 76 valence electrons. The van der Waals surface area contributed by atoms with Crippen molar-refractivity contribution in [3.63, 3.8) is 0 Å². The van der Waals surface area contributed by atoms with Gasteiger partial charge in [0, 0.05) is 5.92 Å². The third-order valence-corrected chi connectivity index (χ3v) is 1.79. The van der Waals surface area contributed by atoms with E-state index in [0.29, 0.717) is 5.92 Å². The van der Waals surface area contributed by atoms with E-state index in [4.69, 9.17) is 24.1 Å². The van der Waals surface area contributed by atoms with E-state index in [1.165, 1.54) is 19.3 Å². The van der Waals surface area contributed by atoms with Crippen LogP contribution in [0.5, 0.6) is 0 Å². The van der Waals surface area contributed by atoms with Gasteiger partial charge in [0.05, 0.1) is 6.07 Å². The van der Waals surface area contributed by atoms with Crippen LogP contribution in [0.15, 0.2) is 0 Å². The van der Waals surface area contributed by atoms with Gasteiger partial charge < -0.3 is 6.15 Å². The van der Waals surface area contributed by atoms with Crippen LogP contribution in [0.25, 0.3) is 0 Å². The van der Waals surface area contributed by atoms with Crippen LogP contribution < -0.4 is 6.15 Å². The summed E-state index contributed by atoms with van der Waals surface area (Å²) in [6.45, 7) is 0. The van der Waals surface area contributed by atoms with Crippen LogP contribution in [-0.4, -0.2) is 0 Å². The van der Waals surface area contributed by atoms with Crippen LogP contribution in [0.3, 0.4) is 0 Å². The fraction of sp³-hybridized carbons (Fsp3) is 0.857. The van der Waals surface area contributed by atoms with E-state index in [-0.39, 0.29) is 6.15 Å². The molecule has 1 aliphatic carbocycles. The monoisotopic (exact) mass is 391 g/mol. The molecule has 0 radical (unpaired) electrons. The second-order valence-electron chi connectivity index (χ2n) is 2.51. The molecule has 0 aromatic heterocycles. The van der Waals surface area contributed by atoms with Crippen LogP contribution >= 0.6 is 18.8 Å². The summed E-state index contributed by atoms with van der Waals surface area (Å²) in [7, 11) is 9.75. The zero-order valence-corrected chi connectivity index (χ0v) is 10.6. The standard InChI is InChI=1S/C7H11N.2ClH.H3N.Pt/c8-6-7-4-2-1-3-5-7;;;;/h7H,1-5H2;2*1H;1H3;/q;;;;+2/p-2. The molecule has 5 heteroatoms. The van der Waals surface area contributed by atoms with E-state index >= 15 is 0 Å². The van der Waals surface area contributed by atoms with Crippen LogP contribution in [0, 0.1) is 17.2 Å². The van der Waals surface area contributed by atoms with E-state index < -0.39 is 16.5 Å². The molecule has 3 N–H and O–H groups in total. The Morgan fingerprint density at radius 1 is 1.17 bits per heavy atom. The van der Waals surface area contributed by atoms with Crippen molar-refractivity contribution in [3.8, 4) is 6.07 Å². The van der Waals surface area contributed by atoms with Crippen molar-refractivity contribution in [2.45, 2.75) is 32.1 Å². The summed E-state index contributed by atoms with van der Waals surface area (Å²) in [5.74, 6) is 0.392. The Morgan fingerprint density at radius 2 is 1.58 bits per heavy atom. The van der Waals surface area contributed by atoms with E-state index in [1.807, 2.05) is 0 Å². The molecule has 1 aliphatic rings. The molecule has 1 saturated carbocycles. The number of nitrogens with zero attached hydrogens (tertiary/aromatic N) is 1. The van der Waals surface area contributed by atoms with Crippen LogP contribution in [-0.2, 0) is 16.5 Å². The van der Waals surface area contributed by atoms with Gasteiger partial charge in [0.2, 0.25) is 0 Å². The number of hydrogen-bond donors (Lipinski definition) is 1. The number of halogens is 2. The number of hydrogen-bond acceptors (Lipinski definition) is 2. The first-order chi connectivity index (χ1) is 5.35. The predicted octanol–water partition coefficient (Wildman–Crippen LogP) is 3.63. The zero-order chi connectivity index (χ0) is 8.53. The maximum atomic E-state index is 8.44. The van der Waals surface area contributed by atoms with Gasteiger partial charge in [0.1, 0.15) is 0 Å². The van der Waals surface area contributed by atoms with Crippen molar-refractivity contribution < 1.29 is 16.5 Å². The van der Waals surface area contributed by atoms with Crippen molar-refractivity contribution in [2.24, 2.45) is 5.92 Å². The summed E-state index contributed by atoms with van der Waals surface area (Å²) in [4.78, 5) is 0. The van der Waals surface area contributed by atoms with E-state index in [2.05, 4.69) is 6.07 Å². The van der Waals surface area contributed by atoms with Crippen LogP contribution in [0.2, 0.25) is 0 Å². The molecular formula is C7H14Cl2N2Pt. The van der Waals surface area contributed by atoms with E-state index in [1.54, 1.807) is 0 Å². The minimum absolute atomic E-state index is 0. The van der Waals surface area contributed by atoms with Gasteiger partial charge in [-0.1, -0.05) is 19.3 Å². The molecule has 1 rings (SSSR count). The zero-order valence-electron chi connectivity index (χ0n) is 6.84. The molecule has 0 heterocycles. The van der Waals surface area contributed by atoms with Gasteiger partial charge in [-0.3, -0.25) is 0 Å². The Kier molecular flexibility index (Phi) is 14.8. The SMILES string of the molecule is N.N#CC1CCCCC1.[Cl][Pt][Cl]. The first kappa shape index (κ1) is 15.2. The second kappa shape index (κ2) is 11.7. The van der Waals surface area contributed by atoms with Crippen molar-refractivity contribution in [3.05, 3.63) is 0 Å². The fourth-order valence-electron chi connectivity index (χ4n) is 1.23. The first-order valence-electron chi connectivity index (χ1n) is 3.57. The average Bonchev–Trinajstić information content (AvgIpc) is 2.08. The van der Waals surface area contributed by atoms with Gasteiger partial charge in [-0.15, -0.1) is 0 Å². The molecule has 0 unspecified atom stereocenters. The third kappa shape index (κ3) is 8.81. The predicted molar refractivity (Wildman–Crippen MR) is 48.9 cm³/mol. The Hall–Kier alpha value is 0.718. The molecule has 1 fully saturated rings. The normalized spacial score (nSPS) is 16.8. The molecule has 2 nitrogen and oxygen atoms in total. The molecule has 0 bridgehead atoms. The molecular weight excluding hydrogens is 378 g/mol. The van der Waals surface area contributed by atoms with Crippen molar-refractivity contribution in [1.29, 1.82) is 5.26 Å². The maximum absolute atomic E-state index is 8.44.